The Labute approximate surface area is 119 Å². The predicted octanol–water partition coefficient (Wildman–Crippen LogP) is 2.37. The molecule has 20 heavy (non-hydrogen) atoms. The van der Waals surface area contributed by atoms with E-state index in [0.29, 0.717) is 24.0 Å². The summed E-state index contributed by atoms with van der Waals surface area (Å²) in [5, 5.41) is 18.2. The molecule has 0 spiro atoms. The maximum atomic E-state index is 11.1. The van der Waals surface area contributed by atoms with Gasteiger partial charge in [0.25, 0.3) is 0 Å². The molecule has 0 aliphatic heterocycles. The van der Waals surface area contributed by atoms with E-state index in [1.54, 1.807) is 6.92 Å². The monoisotopic (exact) mass is 280 g/mol. The van der Waals surface area contributed by atoms with Crippen LogP contribution in [0.3, 0.4) is 0 Å². The summed E-state index contributed by atoms with van der Waals surface area (Å²) in [6.45, 7) is 2.16. The molecule has 0 aromatic rings. The van der Waals surface area contributed by atoms with E-state index in [1.807, 2.05) is 6.08 Å². The molecule has 0 saturated heterocycles. The number of allylic oxidation sites excluding steroid dienone is 1. The molecule has 2 unspecified atom stereocenters. The van der Waals surface area contributed by atoms with E-state index in [-0.39, 0.29) is 17.6 Å². The summed E-state index contributed by atoms with van der Waals surface area (Å²) in [6.07, 6.45) is 8.60. The lowest BCUT2D eigenvalue weighted by Crippen LogP contribution is -2.56. The number of aliphatic hydroxyl groups is 1. The zero-order valence-electron chi connectivity index (χ0n) is 12.1. The number of carboxylic acid groups (broad SMARTS) is 1. The van der Waals surface area contributed by atoms with Crippen molar-refractivity contribution >= 4 is 5.97 Å². The number of carboxylic acids is 1. The van der Waals surface area contributed by atoms with Crippen LogP contribution in [0.5, 0.6) is 0 Å². The highest BCUT2D eigenvalue weighted by Gasteiger charge is 2.57. The third-order valence-corrected chi connectivity index (χ3v) is 5.41. The summed E-state index contributed by atoms with van der Waals surface area (Å²) in [5.74, 6) is 0.506. The van der Waals surface area contributed by atoms with E-state index in [1.165, 1.54) is 6.42 Å². The quantitative estimate of drug-likeness (QED) is 0.759. The van der Waals surface area contributed by atoms with Crippen molar-refractivity contribution in [3.05, 3.63) is 11.6 Å². The van der Waals surface area contributed by atoms with Gasteiger partial charge in [-0.2, -0.15) is 0 Å². The normalized spacial score (nSPS) is 43.0. The van der Waals surface area contributed by atoms with E-state index >= 15 is 0 Å². The molecule has 4 bridgehead atoms. The number of carbonyl (C=O) groups is 1. The molecule has 4 fully saturated rings. The molecular formula is C16H24O4. The predicted molar refractivity (Wildman–Crippen MR) is 74.3 cm³/mol. The molecule has 112 valence electrons. The van der Waals surface area contributed by atoms with Crippen LogP contribution in [-0.4, -0.2) is 35.0 Å². The van der Waals surface area contributed by atoms with Crippen LogP contribution in [0, 0.1) is 17.3 Å². The average molecular weight is 280 g/mol. The standard InChI is InChI=1S/C16H24O4/c1-11(14(18)19)5-15-6-12-4-13(7-15)9-16(8-12,10-15)20-3-2-17/h5,12-13,17H,2-4,6-10H2,1H3,(H,18,19). The van der Waals surface area contributed by atoms with Crippen LogP contribution in [0.25, 0.3) is 0 Å². The first kappa shape index (κ1) is 14.1. The van der Waals surface area contributed by atoms with Crippen molar-refractivity contribution in [3.8, 4) is 0 Å². The molecule has 4 saturated carbocycles. The third kappa shape index (κ3) is 2.40. The van der Waals surface area contributed by atoms with Gasteiger partial charge >= 0.3 is 5.97 Å². The Balaban J connectivity index is 1.87. The molecule has 0 amide bonds. The molecule has 0 aromatic heterocycles. The van der Waals surface area contributed by atoms with Gasteiger partial charge in [-0.1, -0.05) is 6.08 Å². The van der Waals surface area contributed by atoms with Crippen LogP contribution in [-0.2, 0) is 9.53 Å². The van der Waals surface area contributed by atoms with E-state index < -0.39 is 5.97 Å². The van der Waals surface area contributed by atoms with Crippen molar-refractivity contribution in [2.45, 2.75) is 51.0 Å². The van der Waals surface area contributed by atoms with Gasteiger partial charge in [0.15, 0.2) is 0 Å². The van der Waals surface area contributed by atoms with E-state index in [9.17, 15) is 4.79 Å². The van der Waals surface area contributed by atoms with Gasteiger partial charge in [0.2, 0.25) is 0 Å². The Kier molecular flexibility index (Phi) is 3.41. The highest BCUT2D eigenvalue weighted by Crippen LogP contribution is 2.63. The van der Waals surface area contributed by atoms with Crippen LogP contribution in [0.15, 0.2) is 11.6 Å². The largest absolute Gasteiger partial charge is 0.478 e. The van der Waals surface area contributed by atoms with Crippen molar-refractivity contribution in [1.82, 2.24) is 0 Å². The third-order valence-electron chi connectivity index (χ3n) is 5.41. The highest BCUT2D eigenvalue weighted by molar-refractivity contribution is 5.85. The Bertz CT molecular complexity index is 426. The molecule has 4 heteroatoms. The second-order valence-electron chi connectivity index (χ2n) is 7.21. The summed E-state index contributed by atoms with van der Waals surface area (Å²) in [7, 11) is 0. The van der Waals surface area contributed by atoms with Gasteiger partial charge in [-0.15, -0.1) is 0 Å². The van der Waals surface area contributed by atoms with E-state index in [2.05, 4.69) is 0 Å². The molecular weight excluding hydrogens is 256 g/mol. The molecule has 2 atom stereocenters. The first-order valence-corrected chi connectivity index (χ1v) is 7.63. The van der Waals surface area contributed by atoms with Crippen LogP contribution in [0.2, 0.25) is 0 Å². The molecule has 4 aliphatic carbocycles. The number of ether oxygens (including phenoxy) is 1. The summed E-state index contributed by atoms with van der Waals surface area (Å²) >= 11 is 0. The van der Waals surface area contributed by atoms with Crippen LogP contribution < -0.4 is 0 Å². The molecule has 0 radical (unpaired) electrons. The maximum Gasteiger partial charge on any atom is 0.330 e. The topological polar surface area (TPSA) is 66.8 Å². The molecule has 0 heterocycles. The fourth-order valence-electron chi connectivity index (χ4n) is 5.37. The van der Waals surface area contributed by atoms with Crippen molar-refractivity contribution in [1.29, 1.82) is 0 Å². The van der Waals surface area contributed by atoms with Crippen LogP contribution in [0.1, 0.15) is 45.4 Å². The highest BCUT2D eigenvalue weighted by atomic mass is 16.5. The molecule has 4 rings (SSSR count). The Morgan fingerprint density at radius 1 is 1.30 bits per heavy atom. The summed E-state index contributed by atoms with van der Waals surface area (Å²) in [6, 6.07) is 0. The van der Waals surface area contributed by atoms with E-state index in [0.717, 1.165) is 32.1 Å². The van der Waals surface area contributed by atoms with Gasteiger partial charge in [-0.3, -0.25) is 0 Å². The van der Waals surface area contributed by atoms with Gasteiger partial charge in [0.05, 0.1) is 18.8 Å². The molecule has 4 aliphatic rings. The number of hydrogen-bond acceptors (Lipinski definition) is 3. The van der Waals surface area contributed by atoms with Crippen molar-refractivity contribution in [3.63, 3.8) is 0 Å². The smallest absolute Gasteiger partial charge is 0.330 e. The lowest BCUT2D eigenvalue weighted by atomic mass is 9.47. The zero-order valence-corrected chi connectivity index (χ0v) is 12.1. The Hall–Kier alpha value is -0.870. The lowest BCUT2D eigenvalue weighted by Gasteiger charge is -2.61. The van der Waals surface area contributed by atoms with Gasteiger partial charge in [0, 0.05) is 5.57 Å². The van der Waals surface area contributed by atoms with E-state index in [4.69, 9.17) is 14.9 Å². The fourth-order valence-corrected chi connectivity index (χ4v) is 5.37. The van der Waals surface area contributed by atoms with Gasteiger partial charge < -0.3 is 14.9 Å². The molecule has 0 aromatic carbocycles. The minimum atomic E-state index is -0.814. The first-order chi connectivity index (χ1) is 9.46. The second kappa shape index (κ2) is 4.85. The van der Waals surface area contributed by atoms with Gasteiger partial charge in [0.1, 0.15) is 0 Å². The summed E-state index contributed by atoms with van der Waals surface area (Å²) in [5.41, 5.74) is 0.369. The minimum Gasteiger partial charge on any atom is -0.478 e. The SMILES string of the molecule is CC(=CC12CC3CC(C1)CC(OCCO)(C3)C2)C(=O)O. The maximum absolute atomic E-state index is 11.1. The number of hydrogen-bond donors (Lipinski definition) is 2. The minimum absolute atomic E-state index is 0.0159. The van der Waals surface area contributed by atoms with Gasteiger partial charge in [-0.25, -0.2) is 4.79 Å². The van der Waals surface area contributed by atoms with Crippen LogP contribution >= 0.6 is 0 Å². The zero-order chi connectivity index (χ0) is 14.4. The fraction of sp³-hybridized carbons (Fsp3) is 0.812. The number of rotatable bonds is 5. The van der Waals surface area contributed by atoms with Crippen LogP contribution in [0.4, 0.5) is 0 Å². The number of aliphatic carboxylic acids is 1. The number of aliphatic hydroxyl groups excluding tert-OH is 1. The lowest BCUT2D eigenvalue weighted by molar-refractivity contribution is -0.184. The molecule has 4 nitrogen and oxygen atoms in total. The van der Waals surface area contributed by atoms with Crippen molar-refractivity contribution in [2.75, 3.05) is 13.2 Å². The van der Waals surface area contributed by atoms with Gasteiger partial charge in [-0.05, 0) is 62.7 Å². The molecule has 2 N–H and O–H groups in total. The summed E-state index contributed by atoms with van der Waals surface area (Å²) < 4.78 is 6.03. The Morgan fingerprint density at radius 3 is 2.50 bits per heavy atom. The van der Waals surface area contributed by atoms with Crippen molar-refractivity contribution in [2.24, 2.45) is 17.3 Å². The first-order valence-electron chi connectivity index (χ1n) is 7.63. The second-order valence-corrected chi connectivity index (χ2v) is 7.21. The Morgan fingerprint density at radius 2 is 1.95 bits per heavy atom. The van der Waals surface area contributed by atoms with Crippen molar-refractivity contribution < 1.29 is 19.7 Å². The average Bonchev–Trinajstić information content (AvgIpc) is 2.34. The summed E-state index contributed by atoms with van der Waals surface area (Å²) in [4.78, 5) is 11.1.